The molecule has 19 heavy (non-hydrogen) atoms. The molecule has 5 heteroatoms. The van der Waals surface area contributed by atoms with Crippen LogP contribution in [0.4, 0.5) is 5.69 Å². The lowest BCUT2D eigenvalue weighted by atomic mass is 10.1. The highest BCUT2D eigenvalue weighted by Crippen LogP contribution is 2.24. The second-order valence-corrected chi connectivity index (χ2v) is 4.46. The fourth-order valence-corrected chi connectivity index (χ4v) is 1.51. The number of benzene rings is 1. The fourth-order valence-electron chi connectivity index (χ4n) is 1.51. The molecule has 0 aliphatic heterocycles. The van der Waals surface area contributed by atoms with E-state index in [-0.39, 0.29) is 5.69 Å². The smallest absolute Gasteiger partial charge is 0.270 e. The summed E-state index contributed by atoms with van der Waals surface area (Å²) in [6, 6.07) is 4.98. The Morgan fingerprint density at radius 1 is 1.47 bits per heavy atom. The second kappa shape index (κ2) is 7.53. The van der Waals surface area contributed by atoms with Crippen molar-refractivity contribution in [2.75, 3.05) is 6.61 Å². The average Bonchev–Trinajstić information content (AvgIpc) is 2.37. The zero-order valence-corrected chi connectivity index (χ0v) is 11.6. The van der Waals surface area contributed by atoms with Gasteiger partial charge in [0.05, 0.1) is 4.92 Å². The van der Waals surface area contributed by atoms with Crippen molar-refractivity contribution in [2.24, 2.45) is 0 Å². The van der Waals surface area contributed by atoms with E-state index in [1.54, 1.807) is 12.1 Å². The van der Waals surface area contributed by atoms with Crippen LogP contribution < -0.4 is 10.1 Å². The van der Waals surface area contributed by atoms with E-state index in [0.717, 1.165) is 5.56 Å². The molecule has 0 aliphatic rings. The van der Waals surface area contributed by atoms with Gasteiger partial charge in [-0.3, -0.25) is 10.1 Å². The molecule has 1 N–H and O–H groups in total. The summed E-state index contributed by atoms with van der Waals surface area (Å²) in [6.07, 6.45) is 3.79. The highest BCUT2D eigenvalue weighted by atomic mass is 16.6. The first-order valence-electron chi connectivity index (χ1n) is 6.29. The van der Waals surface area contributed by atoms with E-state index in [4.69, 9.17) is 4.74 Å². The molecule has 0 bridgehead atoms. The van der Waals surface area contributed by atoms with Gasteiger partial charge in [0.1, 0.15) is 12.4 Å². The minimum Gasteiger partial charge on any atom is -0.489 e. The third-order valence-electron chi connectivity index (χ3n) is 2.53. The third kappa shape index (κ3) is 5.09. The van der Waals surface area contributed by atoms with E-state index in [0.29, 0.717) is 24.9 Å². The number of rotatable bonds is 7. The van der Waals surface area contributed by atoms with Crippen LogP contribution in [0.1, 0.15) is 26.3 Å². The summed E-state index contributed by atoms with van der Waals surface area (Å²) < 4.78 is 5.60. The molecule has 0 heterocycles. The quantitative estimate of drug-likeness (QED) is 0.467. The molecule has 104 valence electrons. The van der Waals surface area contributed by atoms with Crippen molar-refractivity contribution in [3.05, 3.63) is 46.0 Å². The zero-order chi connectivity index (χ0) is 14.3. The van der Waals surface area contributed by atoms with E-state index in [2.05, 4.69) is 5.32 Å². The largest absolute Gasteiger partial charge is 0.489 e. The van der Waals surface area contributed by atoms with Gasteiger partial charge >= 0.3 is 0 Å². The van der Waals surface area contributed by atoms with Crippen LogP contribution in [0, 0.1) is 10.1 Å². The molecule has 0 radical (unpaired) electrons. The van der Waals surface area contributed by atoms with Crippen LogP contribution >= 0.6 is 0 Å². The minimum absolute atomic E-state index is 0.0824. The Balaban J connectivity index is 2.90. The standard InChI is InChI=1S/C14H20N2O3/c1-4-5-8-19-14-7-6-13(16(17)18)9-12(14)10-15-11(2)3/h4-7,9,11,15H,8,10H2,1-3H3/b5-4+. The van der Waals surface area contributed by atoms with Gasteiger partial charge in [0.15, 0.2) is 0 Å². The van der Waals surface area contributed by atoms with Gasteiger partial charge in [-0.1, -0.05) is 26.0 Å². The van der Waals surface area contributed by atoms with Crippen LogP contribution in [0.5, 0.6) is 5.75 Å². The molecule has 0 saturated carbocycles. The number of nitro groups is 1. The molecule has 0 amide bonds. The highest BCUT2D eigenvalue weighted by Gasteiger charge is 2.11. The van der Waals surface area contributed by atoms with E-state index < -0.39 is 4.92 Å². The van der Waals surface area contributed by atoms with Gasteiger partial charge in [-0.2, -0.15) is 0 Å². The monoisotopic (exact) mass is 264 g/mol. The van der Waals surface area contributed by atoms with Crippen LogP contribution in [0.3, 0.4) is 0 Å². The molecular weight excluding hydrogens is 244 g/mol. The SMILES string of the molecule is C/C=C/COc1ccc([N+](=O)[O-])cc1CNC(C)C. The highest BCUT2D eigenvalue weighted by molar-refractivity contribution is 5.43. The molecule has 1 aromatic rings. The van der Waals surface area contributed by atoms with Crippen LogP contribution in [0.25, 0.3) is 0 Å². The Morgan fingerprint density at radius 3 is 2.79 bits per heavy atom. The normalized spacial score (nSPS) is 11.2. The maximum atomic E-state index is 10.8. The van der Waals surface area contributed by atoms with Gasteiger partial charge in [-0.15, -0.1) is 0 Å². The zero-order valence-electron chi connectivity index (χ0n) is 11.6. The van der Waals surface area contributed by atoms with Gasteiger partial charge < -0.3 is 10.1 Å². The van der Waals surface area contributed by atoms with Crippen LogP contribution in [0.2, 0.25) is 0 Å². The molecule has 0 fully saturated rings. The van der Waals surface area contributed by atoms with Crippen LogP contribution in [0.15, 0.2) is 30.4 Å². The molecular formula is C14H20N2O3. The lowest BCUT2D eigenvalue weighted by Crippen LogP contribution is -2.22. The van der Waals surface area contributed by atoms with E-state index in [9.17, 15) is 10.1 Å². The first kappa shape index (κ1) is 15.2. The third-order valence-corrected chi connectivity index (χ3v) is 2.53. The number of hydrogen-bond donors (Lipinski definition) is 1. The Kier molecular flexibility index (Phi) is 6.02. The molecule has 0 atom stereocenters. The van der Waals surface area contributed by atoms with E-state index in [1.165, 1.54) is 6.07 Å². The first-order valence-corrected chi connectivity index (χ1v) is 6.29. The van der Waals surface area contributed by atoms with Crippen molar-refractivity contribution < 1.29 is 9.66 Å². The molecule has 1 aromatic carbocycles. The summed E-state index contributed by atoms with van der Waals surface area (Å²) in [5.74, 6) is 0.678. The lowest BCUT2D eigenvalue weighted by Gasteiger charge is -2.12. The molecule has 0 spiro atoms. The molecule has 1 rings (SSSR count). The van der Waals surface area contributed by atoms with Crippen molar-refractivity contribution in [2.45, 2.75) is 33.4 Å². The second-order valence-electron chi connectivity index (χ2n) is 4.46. The molecule has 0 aliphatic carbocycles. The number of nitrogens with zero attached hydrogens (tertiary/aromatic N) is 1. The van der Waals surface area contributed by atoms with Gasteiger partial charge in [0.25, 0.3) is 5.69 Å². The van der Waals surface area contributed by atoms with Crippen molar-refractivity contribution in [1.82, 2.24) is 5.32 Å². The predicted molar refractivity (Wildman–Crippen MR) is 75.4 cm³/mol. The Morgan fingerprint density at radius 2 is 2.21 bits per heavy atom. The van der Waals surface area contributed by atoms with Crippen molar-refractivity contribution >= 4 is 5.69 Å². The van der Waals surface area contributed by atoms with Gasteiger partial charge in [0, 0.05) is 30.3 Å². The summed E-state index contributed by atoms with van der Waals surface area (Å²) in [4.78, 5) is 10.4. The summed E-state index contributed by atoms with van der Waals surface area (Å²) in [7, 11) is 0. The van der Waals surface area contributed by atoms with Gasteiger partial charge in [-0.05, 0) is 13.0 Å². The minimum atomic E-state index is -0.394. The van der Waals surface area contributed by atoms with E-state index in [1.807, 2.05) is 32.9 Å². The topological polar surface area (TPSA) is 64.4 Å². The van der Waals surface area contributed by atoms with Crippen LogP contribution in [-0.4, -0.2) is 17.6 Å². The van der Waals surface area contributed by atoms with Crippen molar-refractivity contribution in [3.8, 4) is 5.75 Å². The van der Waals surface area contributed by atoms with Crippen LogP contribution in [-0.2, 0) is 6.54 Å². The van der Waals surface area contributed by atoms with E-state index >= 15 is 0 Å². The predicted octanol–water partition coefficient (Wildman–Crippen LogP) is 3.05. The van der Waals surface area contributed by atoms with Crippen molar-refractivity contribution in [1.29, 1.82) is 0 Å². The summed E-state index contributed by atoms with van der Waals surface area (Å²) >= 11 is 0. The summed E-state index contributed by atoms with van der Waals surface area (Å²) in [5, 5.41) is 14.0. The van der Waals surface area contributed by atoms with Gasteiger partial charge in [-0.25, -0.2) is 0 Å². The summed E-state index contributed by atoms with van der Waals surface area (Å²) in [5.41, 5.74) is 0.881. The molecule has 0 saturated heterocycles. The summed E-state index contributed by atoms with van der Waals surface area (Å²) in [6.45, 7) is 6.98. The fraction of sp³-hybridized carbons (Fsp3) is 0.429. The number of allylic oxidation sites excluding steroid dienone is 1. The Hall–Kier alpha value is -1.88. The molecule has 0 unspecified atom stereocenters. The maximum Gasteiger partial charge on any atom is 0.270 e. The number of nitrogens with one attached hydrogen (secondary N) is 1. The maximum absolute atomic E-state index is 10.8. The lowest BCUT2D eigenvalue weighted by molar-refractivity contribution is -0.384. The Labute approximate surface area is 113 Å². The Bertz CT molecular complexity index is 456. The van der Waals surface area contributed by atoms with Gasteiger partial charge in [0.2, 0.25) is 0 Å². The van der Waals surface area contributed by atoms with Crippen molar-refractivity contribution in [3.63, 3.8) is 0 Å². The molecule has 0 aromatic heterocycles. The first-order chi connectivity index (χ1) is 9.04. The molecule has 5 nitrogen and oxygen atoms in total. The number of non-ortho nitro benzene ring substituents is 1. The average molecular weight is 264 g/mol. The number of nitro benzene ring substituents is 1. The number of ether oxygens (including phenoxy) is 1. The number of hydrogen-bond acceptors (Lipinski definition) is 4.